The average molecular weight is 396 g/mol. The number of ether oxygens (including phenoxy) is 1. The van der Waals surface area contributed by atoms with Crippen LogP contribution in [0.15, 0.2) is 59.1 Å². The van der Waals surface area contributed by atoms with Crippen LogP contribution < -0.4 is 0 Å². The maximum atomic E-state index is 12.3. The molecule has 0 atom stereocenters. The molecule has 0 N–H and O–H groups in total. The molecule has 3 rings (SSSR count). The second-order valence-corrected chi connectivity index (χ2v) is 5.99. The second kappa shape index (κ2) is 7.32. The van der Waals surface area contributed by atoms with E-state index in [0.29, 0.717) is 5.69 Å². The lowest BCUT2D eigenvalue weighted by atomic mass is 10.1. The van der Waals surface area contributed by atoms with E-state index in [0.717, 1.165) is 15.7 Å². The molecule has 0 spiro atoms. The van der Waals surface area contributed by atoms with Crippen LogP contribution in [-0.2, 0) is 4.74 Å². The summed E-state index contributed by atoms with van der Waals surface area (Å²) in [7, 11) is 0. The van der Waals surface area contributed by atoms with Crippen molar-refractivity contribution in [1.29, 1.82) is 5.26 Å². The molecule has 0 saturated heterocycles. The molecule has 0 saturated carbocycles. The minimum absolute atomic E-state index is 0.0129. The minimum atomic E-state index is -0.609. The number of benzene rings is 2. The lowest BCUT2D eigenvalue weighted by Crippen LogP contribution is -2.08. The van der Waals surface area contributed by atoms with Crippen LogP contribution in [0.25, 0.3) is 16.9 Å². The topological polar surface area (TPSA) is 67.9 Å². The summed E-state index contributed by atoms with van der Waals surface area (Å²) in [4.78, 5) is 12.3. The van der Waals surface area contributed by atoms with Gasteiger partial charge in [0.1, 0.15) is 11.6 Å². The van der Waals surface area contributed by atoms with Crippen LogP contribution in [0.5, 0.6) is 0 Å². The molecular weight excluding hydrogens is 382 g/mol. The monoisotopic (exact) mass is 395 g/mol. The number of aromatic nitrogens is 2. The first-order valence-corrected chi connectivity index (χ1v) is 8.47. The van der Waals surface area contributed by atoms with Crippen LogP contribution in [0.4, 0.5) is 0 Å². The Hall–Kier alpha value is -2.91. The van der Waals surface area contributed by atoms with Crippen molar-refractivity contribution in [2.24, 2.45) is 0 Å². The molecule has 0 bridgehead atoms. The highest BCUT2D eigenvalue weighted by molar-refractivity contribution is 9.10. The molecule has 1 heterocycles. The molecule has 124 valence electrons. The number of esters is 1. The van der Waals surface area contributed by atoms with E-state index in [2.05, 4.69) is 27.1 Å². The van der Waals surface area contributed by atoms with E-state index in [1.807, 2.05) is 54.6 Å². The Morgan fingerprint density at radius 3 is 2.52 bits per heavy atom. The van der Waals surface area contributed by atoms with Crippen molar-refractivity contribution in [2.75, 3.05) is 6.61 Å². The van der Waals surface area contributed by atoms with Gasteiger partial charge in [-0.3, -0.25) is 0 Å². The zero-order valence-corrected chi connectivity index (χ0v) is 15.0. The van der Waals surface area contributed by atoms with Crippen molar-refractivity contribution >= 4 is 21.9 Å². The van der Waals surface area contributed by atoms with Crippen molar-refractivity contribution in [3.8, 4) is 23.0 Å². The maximum absolute atomic E-state index is 12.3. The van der Waals surface area contributed by atoms with Gasteiger partial charge in [-0.05, 0) is 35.0 Å². The van der Waals surface area contributed by atoms with Gasteiger partial charge in [0.15, 0.2) is 5.69 Å². The Kier molecular flexibility index (Phi) is 4.96. The first-order valence-electron chi connectivity index (χ1n) is 7.68. The quantitative estimate of drug-likeness (QED) is 0.615. The van der Waals surface area contributed by atoms with Gasteiger partial charge in [0.25, 0.3) is 0 Å². The van der Waals surface area contributed by atoms with Crippen LogP contribution in [-0.4, -0.2) is 22.4 Å². The molecule has 3 aromatic rings. The SMILES string of the molecule is CCOC(=O)c1nn(-c2ccccc2Br)c(-c2ccccc2)c1C#N. The highest BCUT2D eigenvalue weighted by atomic mass is 79.9. The standard InChI is InChI=1S/C19H14BrN3O2/c1-2-25-19(24)17-14(12-21)18(13-8-4-3-5-9-13)23(22-17)16-11-7-6-10-15(16)20/h3-11H,2H2,1H3. The van der Waals surface area contributed by atoms with Crippen molar-refractivity contribution in [2.45, 2.75) is 6.92 Å². The maximum Gasteiger partial charge on any atom is 0.360 e. The minimum Gasteiger partial charge on any atom is -0.461 e. The van der Waals surface area contributed by atoms with Gasteiger partial charge >= 0.3 is 5.97 Å². The van der Waals surface area contributed by atoms with Gasteiger partial charge < -0.3 is 4.74 Å². The summed E-state index contributed by atoms with van der Waals surface area (Å²) in [6.45, 7) is 1.93. The molecular formula is C19H14BrN3O2. The smallest absolute Gasteiger partial charge is 0.360 e. The van der Waals surface area contributed by atoms with Gasteiger partial charge in [0, 0.05) is 10.0 Å². The summed E-state index contributed by atoms with van der Waals surface area (Å²) in [5, 5.41) is 14.1. The van der Waals surface area contributed by atoms with E-state index >= 15 is 0 Å². The molecule has 25 heavy (non-hydrogen) atoms. The molecule has 5 nitrogen and oxygen atoms in total. The largest absolute Gasteiger partial charge is 0.461 e. The zero-order valence-electron chi connectivity index (χ0n) is 13.4. The van der Waals surface area contributed by atoms with Crippen LogP contribution in [0.3, 0.4) is 0 Å². The first-order chi connectivity index (χ1) is 12.2. The fraction of sp³-hybridized carbons (Fsp3) is 0.105. The Morgan fingerprint density at radius 2 is 1.88 bits per heavy atom. The third-order valence-corrected chi connectivity index (χ3v) is 4.26. The fourth-order valence-electron chi connectivity index (χ4n) is 2.53. The Balaban J connectivity index is 2.32. The molecule has 0 unspecified atom stereocenters. The van der Waals surface area contributed by atoms with Crippen molar-refractivity contribution in [1.82, 2.24) is 9.78 Å². The molecule has 0 aliphatic carbocycles. The average Bonchev–Trinajstić information content (AvgIpc) is 3.02. The van der Waals surface area contributed by atoms with Gasteiger partial charge in [-0.1, -0.05) is 42.5 Å². The van der Waals surface area contributed by atoms with Crippen LogP contribution >= 0.6 is 15.9 Å². The number of hydrogen-bond donors (Lipinski definition) is 0. The lowest BCUT2D eigenvalue weighted by Gasteiger charge is -2.09. The number of nitrogens with zero attached hydrogens (tertiary/aromatic N) is 3. The summed E-state index contributed by atoms with van der Waals surface area (Å²) in [5.41, 5.74) is 2.28. The van der Waals surface area contributed by atoms with Crippen LogP contribution in [0.1, 0.15) is 23.0 Å². The van der Waals surface area contributed by atoms with Crippen molar-refractivity contribution < 1.29 is 9.53 Å². The van der Waals surface area contributed by atoms with E-state index in [1.54, 1.807) is 11.6 Å². The van der Waals surface area contributed by atoms with E-state index in [9.17, 15) is 10.1 Å². The molecule has 1 aromatic heterocycles. The van der Waals surface area contributed by atoms with Gasteiger partial charge in [-0.25, -0.2) is 9.48 Å². The third-order valence-electron chi connectivity index (χ3n) is 3.59. The number of carbonyl (C=O) groups is 1. The molecule has 6 heteroatoms. The predicted molar refractivity (Wildman–Crippen MR) is 97.4 cm³/mol. The van der Waals surface area contributed by atoms with E-state index in [4.69, 9.17) is 4.74 Å². The number of nitriles is 1. The van der Waals surface area contributed by atoms with Gasteiger partial charge in [0.2, 0.25) is 0 Å². The Labute approximate surface area is 153 Å². The van der Waals surface area contributed by atoms with Crippen molar-refractivity contribution in [3.05, 3.63) is 70.3 Å². The molecule has 2 aromatic carbocycles. The van der Waals surface area contributed by atoms with E-state index in [-0.39, 0.29) is 17.9 Å². The molecule has 0 aliphatic heterocycles. The van der Waals surface area contributed by atoms with Crippen LogP contribution in [0, 0.1) is 11.3 Å². The number of carbonyl (C=O) groups excluding carboxylic acids is 1. The van der Waals surface area contributed by atoms with Crippen LogP contribution in [0.2, 0.25) is 0 Å². The number of halogens is 1. The van der Waals surface area contributed by atoms with Gasteiger partial charge in [-0.2, -0.15) is 10.4 Å². The first kappa shape index (κ1) is 16.9. The number of para-hydroxylation sites is 1. The zero-order chi connectivity index (χ0) is 17.8. The summed E-state index contributed by atoms with van der Waals surface area (Å²) < 4.78 is 7.47. The summed E-state index contributed by atoms with van der Waals surface area (Å²) >= 11 is 3.50. The van der Waals surface area contributed by atoms with Crippen molar-refractivity contribution in [3.63, 3.8) is 0 Å². The predicted octanol–water partition coefficient (Wildman–Crippen LogP) is 4.35. The second-order valence-electron chi connectivity index (χ2n) is 5.13. The summed E-state index contributed by atoms with van der Waals surface area (Å²) in [6, 6.07) is 19.0. The number of hydrogen-bond acceptors (Lipinski definition) is 4. The summed E-state index contributed by atoms with van der Waals surface area (Å²) in [5.74, 6) is -0.609. The molecule has 0 amide bonds. The normalized spacial score (nSPS) is 10.3. The van der Waals surface area contributed by atoms with Gasteiger partial charge in [0.05, 0.1) is 18.0 Å². The highest BCUT2D eigenvalue weighted by Crippen LogP contribution is 2.31. The molecule has 0 radical (unpaired) electrons. The van der Waals surface area contributed by atoms with E-state index in [1.165, 1.54) is 0 Å². The lowest BCUT2D eigenvalue weighted by molar-refractivity contribution is 0.0518. The fourth-order valence-corrected chi connectivity index (χ4v) is 2.98. The summed E-state index contributed by atoms with van der Waals surface area (Å²) in [6.07, 6.45) is 0. The van der Waals surface area contributed by atoms with E-state index < -0.39 is 5.97 Å². The van der Waals surface area contributed by atoms with Gasteiger partial charge in [-0.15, -0.1) is 0 Å². The molecule has 0 aliphatic rings. The Bertz CT molecular complexity index is 959. The highest BCUT2D eigenvalue weighted by Gasteiger charge is 2.26. The third kappa shape index (κ3) is 3.19. The Morgan fingerprint density at radius 1 is 1.20 bits per heavy atom. The number of rotatable bonds is 4. The molecule has 0 fully saturated rings.